The second kappa shape index (κ2) is 13.5. The summed E-state index contributed by atoms with van der Waals surface area (Å²) in [5, 5.41) is 9.67. The first-order valence-corrected chi connectivity index (χ1v) is 14.0. The summed E-state index contributed by atoms with van der Waals surface area (Å²) in [7, 11) is 0. The SMILES string of the molecule is N[C@H](CC(=O)C[C@@H](Cc1ccccc1)C(=O)N1CCC[C@H]1C(=O)N1CCCC[C@H]1C(=O)O)Cc1ccccc1. The van der Waals surface area contributed by atoms with Gasteiger partial charge in [0.15, 0.2) is 0 Å². The van der Waals surface area contributed by atoms with Gasteiger partial charge in [-0.25, -0.2) is 4.79 Å². The number of carboxylic acids is 1. The van der Waals surface area contributed by atoms with Crippen molar-refractivity contribution in [2.75, 3.05) is 13.1 Å². The number of Topliss-reactive ketones (excluding diaryl/α,β-unsaturated/α-hetero) is 1. The van der Waals surface area contributed by atoms with Crippen LogP contribution in [0.3, 0.4) is 0 Å². The average molecular weight is 534 g/mol. The Labute approximate surface area is 230 Å². The van der Waals surface area contributed by atoms with Crippen LogP contribution in [0.2, 0.25) is 0 Å². The smallest absolute Gasteiger partial charge is 0.326 e. The van der Waals surface area contributed by atoms with Crippen LogP contribution >= 0.6 is 0 Å². The number of ketones is 1. The first-order chi connectivity index (χ1) is 18.8. The van der Waals surface area contributed by atoms with Gasteiger partial charge in [-0.05, 0) is 56.1 Å². The van der Waals surface area contributed by atoms with Gasteiger partial charge in [-0.15, -0.1) is 0 Å². The number of carbonyl (C=O) groups excluding carboxylic acids is 3. The maximum atomic E-state index is 13.9. The molecule has 2 fully saturated rings. The zero-order chi connectivity index (χ0) is 27.8. The molecule has 208 valence electrons. The predicted molar refractivity (Wildman–Crippen MR) is 148 cm³/mol. The molecule has 0 bridgehead atoms. The van der Waals surface area contributed by atoms with E-state index in [0.29, 0.717) is 45.2 Å². The van der Waals surface area contributed by atoms with Gasteiger partial charge in [-0.1, -0.05) is 60.7 Å². The molecule has 2 aromatic carbocycles. The highest BCUT2D eigenvalue weighted by Crippen LogP contribution is 2.28. The molecule has 0 aliphatic carbocycles. The molecule has 2 amide bonds. The molecular weight excluding hydrogens is 494 g/mol. The molecule has 0 spiro atoms. The molecule has 0 saturated carbocycles. The summed E-state index contributed by atoms with van der Waals surface area (Å²) in [5.74, 6) is -2.20. The Morgan fingerprint density at radius 3 is 2.00 bits per heavy atom. The maximum absolute atomic E-state index is 13.9. The molecule has 2 saturated heterocycles. The van der Waals surface area contributed by atoms with Crippen molar-refractivity contribution in [3.63, 3.8) is 0 Å². The van der Waals surface area contributed by atoms with Gasteiger partial charge in [0, 0.05) is 37.9 Å². The zero-order valence-electron chi connectivity index (χ0n) is 22.4. The topological polar surface area (TPSA) is 121 Å². The van der Waals surface area contributed by atoms with E-state index in [-0.39, 0.29) is 36.5 Å². The minimum Gasteiger partial charge on any atom is -0.480 e. The van der Waals surface area contributed by atoms with Crippen LogP contribution in [0.25, 0.3) is 0 Å². The first-order valence-electron chi connectivity index (χ1n) is 14.0. The summed E-state index contributed by atoms with van der Waals surface area (Å²) in [6, 6.07) is 17.5. The van der Waals surface area contributed by atoms with Crippen LogP contribution in [0.5, 0.6) is 0 Å². The van der Waals surface area contributed by atoms with Crippen LogP contribution in [-0.2, 0) is 32.0 Å². The molecule has 2 heterocycles. The number of hydrogen-bond acceptors (Lipinski definition) is 5. The minimum absolute atomic E-state index is 0.0507. The third-order valence-electron chi connectivity index (χ3n) is 7.87. The van der Waals surface area contributed by atoms with E-state index in [1.165, 1.54) is 4.90 Å². The Morgan fingerprint density at radius 2 is 1.36 bits per heavy atom. The molecule has 4 atom stereocenters. The molecular formula is C31H39N3O5. The number of nitrogens with two attached hydrogens (primary N) is 1. The second-order valence-electron chi connectivity index (χ2n) is 10.9. The largest absolute Gasteiger partial charge is 0.480 e. The van der Waals surface area contributed by atoms with Gasteiger partial charge >= 0.3 is 5.97 Å². The summed E-state index contributed by atoms with van der Waals surface area (Å²) in [4.78, 5) is 55.5. The van der Waals surface area contributed by atoms with Crippen LogP contribution in [-0.4, -0.2) is 69.7 Å². The van der Waals surface area contributed by atoms with E-state index < -0.39 is 24.0 Å². The number of carboxylic acid groups (broad SMARTS) is 1. The summed E-state index contributed by atoms with van der Waals surface area (Å²) < 4.78 is 0. The molecule has 0 unspecified atom stereocenters. The van der Waals surface area contributed by atoms with Crippen LogP contribution in [0.4, 0.5) is 0 Å². The van der Waals surface area contributed by atoms with E-state index in [9.17, 15) is 24.3 Å². The number of hydrogen-bond donors (Lipinski definition) is 2. The van der Waals surface area contributed by atoms with Crippen molar-refractivity contribution in [1.29, 1.82) is 0 Å². The summed E-state index contributed by atoms with van der Waals surface area (Å²) in [6.45, 7) is 0.813. The van der Waals surface area contributed by atoms with Crippen molar-refractivity contribution in [1.82, 2.24) is 9.80 Å². The fourth-order valence-corrected chi connectivity index (χ4v) is 5.95. The fraction of sp³-hybridized carbons (Fsp3) is 0.484. The van der Waals surface area contributed by atoms with Crippen molar-refractivity contribution in [2.24, 2.45) is 11.7 Å². The lowest BCUT2D eigenvalue weighted by molar-refractivity contribution is -0.156. The van der Waals surface area contributed by atoms with Crippen molar-refractivity contribution < 1.29 is 24.3 Å². The molecule has 0 aromatic heterocycles. The van der Waals surface area contributed by atoms with E-state index in [4.69, 9.17) is 5.73 Å². The minimum atomic E-state index is -1.00. The number of piperidine rings is 1. The van der Waals surface area contributed by atoms with Gasteiger partial charge < -0.3 is 20.6 Å². The average Bonchev–Trinajstić information content (AvgIpc) is 3.43. The van der Waals surface area contributed by atoms with Crippen LogP contribution in [0.1, 0.15) is 56.1 Å². The van der Waals surface area contributed by atoms with Gasteiger partial charge in [0.05, 0.1) is 0 Å². The van der Waals surface area contributed by atoms with E-state index in [1.807, 2.05) is 60.7 Å². The quantitative estimate of drug-likeness (QED) is 0.458. The van der Waals surface area contributed by atoms with Gasteiger partial charge in [-0.2, -0.15) is 0 Å². The number of nitrogens with zero attached hydrogens (tertiary/aromatic N) is 2. The van der Waals surface area contributed by atoms with E-state index in [1.54, 1.807) is 4.90 Å². The Hall–Kier alpha value is -3.52. The molecule has 4 rings (SSSR count). The van der Waals surface area contributed by atoms with Crippen LogP contribution < -0.4 is 5.73 Å². The molecule has 8 nitrogen and oxygen atoms in total. The van der Waals surface area contributed by atoms with Gasteiger partial charge in [0.2, 0.25) is 11.8 Å². The Bertz CT molecular complexity index is 1140. The number of likely N-dealkylation sites (tertiary alicyclic amines) is 2. The lowest BCUT2D eigenvalue weighted by Gasteiger charge is -2.37. The zero-order valence-corrected chi connectivity index (χ0v) is 22.4. The third-order valence-corrected chi connectivity index (χ3v) is 7.87. The van der Waals surface area contributed by atoms with Gasteiger partial charge in [0.1, 0.15) is 17.9 Å². The van der Waals surface area contributed by atoms with Crippen molar-refractivity contribution in [3.8, 4) is 0 Å². The summed E-state index contributed by atoms with van der Waals surface area (Å²) in [5.41, 5.74) is 8.31. The lowest BCUT2D eigenvalue weighted by Crippen LogP contribution is -2.55. The molecule has 39 heavy (non-hydrogen) atoms. The van der Waals surface area contributed by atoms with Gasteiger partial charge in [0.25, 0.3) is 0 Å². The summed E-state index contributed by atoms with van der Waals surface area (Å²) in [6.07, 6.45) is 4.30. The molecule has 2 aliphatic heterocycles. The Morgan fingerprint density at radius 1 is 0.769 bits per heavy atom. The van der Waals surface area contributed by atoms with Crippen molar-refractivity contribution in [2.45, 2.75) is 75.9 Å². The number of rotatable bonds is 11. The van der Waals surface area contributed by atoms with Crippen molar-refractivity contribution >= 4 is 23.6 Å². The molecule has 3 N–H and O–H groups in total. The molecule has 0 radical (unpaired) electrons. The van der Waals surface area contributed by atoms with E-state index in [2.05, 4.69) is 0 Å². The standard InChI is InChI=1S/C31H39N3O5/c32-25(19-23-12-5-2-6-13-23)21-26(35)20-24(18-22-10-3-1-4-11-22)29(36)33-17-9-15-27(33)30(37)34-16-8-7-14-28(34)31(38)39/h1-6,10-13,24-25,27-28H,7-9,14-21,32H2,(H,38,39)/t24-,25+,27+,28+/m1/s1. The number of aliphatic carboxylic acids is 1. The maximum Gasteiger partial charge on any atom is 0.326 e. The second-order valence-corrected chi connectivity index (χ2v) is 10.9. The highest BCUT2D eigenvalue weighted by Gasteiger charge is 2.42. The van der Waals surface area contributed by atoms with E-state index >= 15 is 0 Å². The Balaban J connectivity index is 1.47. The number of amides is 2. The van der Waals surface area contributed by atoms with E-state index in [0.717, 1.165) is 24.0 Å². The lowest BCUT2D eigenvalue weighted by atomic mass is 9.90. The molecule has 2 aromatic rings. The highest BCUT2D eigenvalue weighted by atomic mass is 16.4. The molecule has 8 heteroatoms. The summed E-state index contributed by atoms with van der Waals surface area (Å²) >= 11 is 0. The number of benzene rings is 2. The fourth-order valence-electron chi connectivity index (χ4n) is 5.95. The first kappa shape index (κ1) is 28.5. The van der Waals surface area contributed by atoms with Gasteiger partial charge in [-0.3, -0.25) is 14.4 Å². The normalized spacial score (nSPS) is 20.8. The molecule has 2 aliphatic rings. The van der Waals surface area contributed by atoms with Crippen LogP contribution in [0, 0.1) is 5.92 Å². The number of carbonyl (C=O) groups is 4. The highest BCUT2D eigenvalue weighted by molar-refractivity contribution is 5.93. The Kier molecular flexibility index (Phi) is 9.87. The van der Waals surface area contributed by atoms with Crippen molar-refractivity contribution in [3.05, 3.63) is 71.8 Å². The third kappa shape index (κ3) is 7.53. The van der Waals surface area contributed by atoms with Crippen LogP contribution in [0.15, 0.2) is 60.7 Å². The predicted octanol–water partition coefficient (Wildman–Crippen LogP) is 3.22. The monoisotopic (exact) mass is 533 g/mol.